The van der Waals surface area contributed by atoms with Crippen LogP contribution in [0.2, 0.25) is 0 Å². The molecule has 44 heavy (non-hydrogen) atoms. The molecule has 4 nitrogen and oxygen atoms in total. The van der Waals surface area contributed by atoms with Crippen LogP contribution in [0.25, 0.3) is 23.3 Å². The van der Waals surface area contributed by atoms with E-state index in [2.05, 4.69) is 96.5 Å². The number of nitrogens with zero attached hydrogens (tertiary/aromatic N) is 3. The van der Waals surface area contributed by atoms with Crippen LogP contribution >= 0.6 is 0 Å². The van der Waals surface area contributed by atoms with Crippen molar-refractivity contribution in [3.8, 4) is 12.1 Å². The first-order chi connectivity index (χ1) is 21.6. The number of hydrogen-bond acceptors (Lipinski definition) is 3. The van der Waals surface area contributed by atoms with Gasteiger partial charge in [-0.1, -0.05) is 55.5 Å². The zero-order valence-electron chi connectivity index (χ0n) is 24.9. The molecule has 5 aliphatic carbocycles. The van der Waals surface area contributed by atoms with Crippen LogP contribution in [-0.2, 0) is 17.6 Å². The molecule has 6 aliphatic rings. The summed E-state index contributed by atoms with van der Waals surface area (Å²) in [6.45, 7) is 2.23. The monoisotopic (exact) mass is 571 g/mol. The van der Waals surface area contributed by atoms with Crippen molar-refractivity contribution in [3.05, 3.63) is 141 Å². The van der Waals surface area contributed by atoms with Crippen molar-refractivity contribution < 1.29 is 4.74 Å². The normalized spacial score (nSPS) is 24.4. The first-order valence-corrected chi connectivity index (χ1v) is 15.7. The Morgan fingerprint density at radius 1 is 0.932 bits per heavy atom. The van der Waals surface area contributed by atoms with Crippen LogP contribution in [-0.4, -0.2) is 10.7 Å². The molecule has 0 saturated carbocycles. The van der Waals surface area contributed by atoms with E-state index in [0.29, 0.717) is 17.1 Å². The number of ether oxygens (including phenoxy) is 1. The predicted octanol–water partition coefficient (Wildman–Crippen LogP) is 8.89. The Labute approximate surface area is 259 Å². The van der Waals surface area contributed by atoms with Gasteiger partial charge in [-0.05, 0) is 108 Å². The lowest BCUT2D eigenvalue weighted by atomic mass is 9.84. The Balaban J connectivity index is 1.18. The molecular formula is C40H33N3O. The largest absolute Gasteiger partial charge is 0.489 e. The molecule has 0 spiro atoms. The van der Waals surface area contributed by atoms with Crippen molar-refractivity contribution in [3.63, 3.8) is 0 Å². The highest BCUT2D eigenvalue weighted by Crippen LogP contribution is 2.45. The lowest BCUT2D eigenvalue weighted by Crippen LogP contribution is -2.16. The minimum Gasteiger partial charge on any atom is -0.489 e. The van der Waals surface area contributed by atoms with Gasteiger partial charge in [0.2, 0.25) is 0 Å². The van der Waals surface area contributed by atoms with Crippen LogP contribution in [0.15, 0.2) is 101 Å². The molecule has 1 aliphatic heterocycles. The number of fused-ring (bicyclic) bond motifs is 5. The topological polar surface area (TPSA) is 61.7 Å². The lowest BCUT2D eigenvalue weighted by Gasteiger charge is -2.27. The summed E-state index contributed by atoms with van der Waals surface area (Å²) in [5, 5.41) is 20.2. The lowest BCUT2D eigenvalue weighted by molar-refractivity contribution is 0.143. The number of allylic oxidation sites excluding steroid dienone is 13. The molecule has 0 amide bonds. The molecule has 1 aromatic heterocycles. The van der Waals surface area contributed by atoms with E-state index in [-0.39, 0.29) is 12.1 Å². The van der Waals surface area contributed by atoms with Crippen molar-refractivity contribution in [1.29, 1.82) is 10.5 Å². The van der Waals surface area contributed by atoms with Crippen LogP contribution in [0, 0.1) is 28.6 Å². The number of hydrogen-bond donors (Lipinski definition) is 0. The molecule has 4 heteroatoms. The Kier molecular flexibility index (Phi) is 6.39. The Hall–Kier alpha value is -5.06. The summed E-state index contributed by atoms with van der Waals surface area (Å²) < 4.78 is 8.87. The number of nitriles is 2. The van der Waals surface area contributed by atoms with E-state index >= 15 is 0 Å². The number of benzene rings is 1. The van der Waals surface area contributed by atoms with Crippen molar-refractivity contribution in [2.75, 3.05) is 0 Å². The zero-order valence-corrected chi connectivity index (χ0v) is 24.9. The van der Waals surface area contributed by atoms with E-state index in [1.54, 1.807) is 0 Å². The van der Waals surface area contributed by atoms with E-state index in [4.69, 9.17) is 4.74 Å². The number of aromatic nitrogens is 1. The zero-order chi connectivity index (χ0) is 29.8. The van der Waals surface area contributed by atoms with Gasteiger partial charge >= 0.3 is 0 Å². The molecule has 2 aromatic rings. The van der Waals surface area contributed by atoms with Crippen molar-refractivity contribution in [2.45, 2.75) is 57.6 Å². The van der Waals surface area contributed by atoms with E-state index in [9.17, 15) is 10.5 Å². The molecular weight excluding hydrogens is 538 g/mol. The molecule has 0 bridgehead atoms. The summed E-state index contributed by atoms with van der Waals surface area (Å²) in [5.74, 6) is 1.51. The maximum absolute atomic E-state index is 10.2. The van der Waals surface area contributed by atoms with Gasteiger partial charge in [0.05, 0.1) is 29.3 Å². The second kappa shape index (κ2) is 10.6. The van der Waals surface area contributed by atoms with E-state index < -0.39 is 0 Å². The first-order valence-electron chi connectivity index (χ1n) is 15.7. The van der Waals surface area contributed by atoms with Gasteiger partial charge in [-0.2, -0.15) is 10.5 Å². The van der Waals surface area contributed by atoms with E-state index in [0.717, 1.165) is 66.6 Å². The summed E-state index contributed by atoms with van der Waals surface area (Å²) in [4.78, 5) is 0. The Bertz CT molecular complexity index is 1980. The molecule has 0 N–H and O–H groups in total. The predicted molar refractivity (Wildman–Crippen MR) is 176 cm³/mol. The third-order valence-corrected chi connectivity index (χ3v) is 9.79. The third-order valence-electron chi connectivity index (χ3n) is 9.79. The van der Waals surface area contributed by atoms with Crippen LogP contribution in [0.3, 0.4) is 0 Å². The quantitative estimate of drug-likeness (QED) is 0.370. The number of rotatable bonds is 3. The van der Waals surface area contributed by atoms with Gasteiger partial charge in [0.1, 0.15) is 11.9 Å². The fraction of sp³-hybridized carbons (Fsp3) is 0.250. The smallest absolute Gasteiger partial charge is 0.127 e. The summed E-state index contributed by atoms with van der Waals surface area (Å²) >= 11 is 0. The van der Waals surface area contributed by atoms with Gasteiger partial charge in [0.15, 0.2) is 0 Å². The van der Waals surface area contributed by atoms with Crippen LogP contribution in [0.4, 0.5) is 0 Å². The third kappa shape index (κ3) is 4.33. The van der Waals surface area contributed by atoms with Gasteiger partial charge < -0.3 is 9.30 Å². The van der Waals surface area contributed by atoms with Crippen molar-refractivity contribution in [2.24, 2.45) is 5.92 Å². The molecule has 8 rings (SSSR count). The first kappa shape index (κ1) is 26.6. The minimum absolute atomic E-state index is 0.0171. The highest BCUT2D eigenvalue weighted by molar-refractivity contribution is 5.83. The highest BCUT2D eigenvalue weighted by Gasteiger charge is 2.35. The molecule has 1 aromatic carbocycles. The summed E-state index contributed by atoms with van der Waals surface area (Å²) in [6, 6.07) is 11.0. The molecule has 2 heterocycles. The average Bonchev–Trinajstić information content (AvgIpc) is 3.49. The van der Waals surface area contributed by atoms with Crippen molar-refractivity contribution in [1.82, 2.24) is 4.57 Å². The van der Waals surface area contributed by atoms with Gasteiger partial charge in [-0.3, -0.25) is 0 Å². The second-order valence-electron chi connectivity index (χ2n) is 12.5. The highest BCUT2D eigenvalue weighted by atomic mass is 16.5. The van der Waals surface area contributed by atoms with Gasteiger partial charge in [-0.25, -0.2) is 0 Å². The van der Waals surface area contributed by atoms with E-state index in [1.165, 1.54) is 33.7 Å². The molecule has 0 saturated heterocycles. The summed E-state index contributed by atoms with van der Waals surface area (Å²) in [6.07, 6.45) is 32.0. The fourth-order valence-corrected chi connectivity index (χ4v) is 7.72. The second-order valence-corrected chi connectivity index (χ2v) is 12.5. The van der Waals surface area contributed by atoms with Crippen molar-refractivity contribution >= 4 is 23.3 Å². The summed E-state index contributed by atoms with van der Waals surface area (Å²) in [7, 11) is 0. The van der Waals surface area contributed by atoms with E-state index in [1.807, 2.05) is 18.2 Å². The Morgan fingerprint density at radius 2 is 1.84 bits per heavy atom. The maximum atomic E-state index is 10.2. The van der Waals surface area contributed by atoms with Gasteiger partial charge in [0, 0.05) is 34.9 Å². The standard InChI is InChI=1S/C40H33N3O/c1-25-8-7-11-35-36-22-28(14-15-39(36)44-40(25)35)29-16-26(23-41)17-30(20-29)31-18-27(24-42)19-32(21-31)43-37-12-4-2-3-9-33(37)34-10-5-6-13-38(34)43/h2-5,7,10-12,14,16-20,22,25,32,39H,6,8-9,13,15,21H2,1H3. The summed E-state index contributed by atoms with van der Waals surface area (Å²) in [5.41, 5.74) is 13.3. The molecule has 3 unspecified atom stereocenters. The van der Waals surface area contributed by atoms with Crippen LogP contribution in [0.5, 0.6) is 0 Å². The molecule has 214 valence electrons. The fourth-order valence-electron chi connectivity index (χ4n) is 7.72. The molecule has 0 fully saturated rings. The minimum atomic E-state index is 0.0171. The molecule has 0 radical (unpaired) electrons. The Morgan fingerprint density at radius 3 is 2.73 bits per heavy atom. The SMILES string of the molecule is CC1CC=CC2=C1OC1CC=C(c3cc(C#N)cc(C4=CC(C#N)=CC(n5c6c(c7c5CCC=C7)CC=CC=C6)C4)c3)C=C21. The van der Waals surface area contributed by atoms with Crippen LogP contribution < -0.4 is 0 Å². The average molecular weight is 572 g/mol. The maximum Gasteiger partial charge on any atom is 0.127 e. The van der Waals surface area contributed by atoms with Gasteiger partial charge in [0.25, 0.3) is 0 Å². The van der Waals surface area contributed by atoms with Gasteiger partial charge in [-0.15, -0.1) is 0 Å². The van der Waals surface area contributed by atoms with Crippen LogP contribution in [0.1, 0.15) is 77.9 Å². The molecule has 3 atom stereocenters.